The zero-order valence-electron chi connectivity index (χ0n) is 15.4. The number of fused-ring (bicyclic) bond motifs is 1. The lowest BCUT2D eigenvalue weighted by molar-refractivity contribution is 0.198. The van der Waals surface area contributed by atoms with Gasteiger partial charge in [-0.2, -0.15) is 0 Å². The first-order valence-corrected chi connectivity index (χ1v) is 12.0. The number of rotatable bonds is 4. The Bertz CT molecular complexity index is 975. The van der Waals surface area contributed by atoms with Crippen LogP contribution in [0.3, 0.4) is 0 Å². The Labute approximate surface area is 163 Å². The summed E-state index contributed by atoms with van der Waals surface area (Å²) in [4.78, 5) is 18.3. The van der Waals surface area contributed by atoms with Gasteiger partial charge in [0.05, 0.1) is 20.6 Å². The summed E-state index contributed by atoms with van der Waals surface area (Å²) in [5, 5.41) is 5.67. The first-order chi connectivity index (χ1) is 12.9. The quantitative estimate of drug-likeness (QED) is 0.645. The lowest BCUT2D eigenvalue weighted by Gasteiger charge is -2.38. The molecule has 1 aromatic carbocycles. The number of nitrogens with two attached hydrogens (primary N) is 1. The molecular formula is C18H24N6OS2. The molecule has 1 aliphatic rings. The lowest BCUT2D eigenvalue weighted by atomic mass is 10.1. The Morgan fingerprint density at radius 1 is 1.15 bits per heavy atom. The third-order valence-electron chi connectivity index (χ3n) is 5.12. The minimum absolute atomic E-state index is 0.338. The third kappa shape index (κ3) is 3.86. The van der Waals surface area contributed by atoms with E-state index in [4.69, 9.17) is 5.14 Å². The minimum atomic E-state index is -2.80. The summed E-state index contributed by atoms with van der Waals surface area (Å²) in [6, 6.07) is 6.90. The summed E-state index contributed by atoms with van der Waals surface area (Å²) < 4.78 is 13.1. The number of anilines is 1. The van der Waals surface area contributed by atoms with Crippen LogP contribution in [-0.2, 0) is 10.1 Å². The maximum atomic E-state index is 11.9. The fraction of sp³-hybridized carbons (Fsp3) is 0.389. The maximum absolute atomic E-state index is 11.9. The topological polar surface area (TPSA) is 88.2 Å². The second kappa shape index (κ2) is 7.23. The minimum Gasteiger partial charge on any atom is -0.338 e. The number of piperazine rings is 1. The van der Waals surface area contributed by atoms with Crippen molar-refractivity contribution in [3.63, 3.8) is 0 Å². The molecule has 4 rings (SSSR count). The summed E-state index contributed by atoms with van der Waals surface area (Å²) in [5.41, 5.74) is 4.26. The van der Waals surface area contributed by atoms with Crippen molar-refractivity contribution >= 4 is 37.6 Å². The van der Waals surface area contributed by atoms with Crippen LogP contribution in [-0.4, -0.2) is 56.5 Å². The molecule has 0 radical (unpaired) electrons. The molecule has 2 N–H and O–H groups in total. The molecule has 0 spiro atoms. The van der Waals surface area contributed by atoms with Gasteiger partial charge in [-0.1, -0.05) is 6.07 Å². The summed E-state index contributed by atoms with van der Waals surface area (Å²) in [7, 11) is -2.80. The molecular weight excluding hydrogens is 380 g/mol. The van der Waals surface area contributed by atoms with Crippen LogP contribution in [0.2, 0.25) is 0 Å². The van der Waals surface area contributed by atoms with E-state index in [1.54, 1.807) is 23.7 Å². The number of aromatic nitrogens is 3. The van der Waals surface area contributed by atoms with Crippen LogP contribution in [0, 0.1) is 0 Å². The highest BCUT2D eigenvalue weighted by atomic mass is 32.3. The maximum Gasteiger partial charge on any atom is 0.225 e. The zero-order valence-corrected chi connectivity index (χ0v) is 17.2. The van der Waals surface area contributed by atoms with E-state index < -0.39 is 10.1 Å². The number of hydrogen-bond donors (Lipinski definition) is 2. The molecule has 3 aromatic rings. The largest absolute Gasteiger partial charge is 0.338 e. The molecule has 1 atom stereocenters. The molecule has 0 amide bonds. The van der Waals surface area contributed by atoms with Crippen molar-refractivity contribution in [2.45, 2.75) is 17.9 Å². The Morgan fingerprint density at radius 3 is 2.52 bits per heavy atom. The molecule has 2 aromatic heterocycles. The second-order valence-corrected chi connectivity index (χ2v) is 10.4. The van der Waals surface area contributed by atoms with Crippen molar-refractivity contribution in [2.24, 2.45) is 5.14 Å². The number of thiol groups is 1. The van der Waals surface area contributed by atoms with Crippen LogP contribution >= 0.6 is 11.3 Å². The normalized spacial score (nSPS) is 18.0. The first-order valence-electron chi connectivity index (χ1n) is 8.92. The van der Waals surface area contributed by atoms with E-state index in [2.05, 4.69) is 49.9 Å². The average molecular weight is 405 g/mol. The summed E-state index contributed by atoms with van der Waals surface area (Å²) in [6.45, 7) is 5.83. The molecule has 144 valence electrons. The molecule has 0 aliphatic carbocycles. The summed E-state index contributed by atoms with van der Waals surface area (Å²) in [6.07, 6.45) is 4.69. The fourth-order valence-electron chi connectivity index (χ4n) is 3.36. The molecule has 1 saturated heterocycles. The van der Waals surface area contributed by atoms with Gasteiger partial charge in [0, 0.05) is 50.9 Å². The fourth-order valence-corrected chi connectivity index (χ4v) is 4.59. The number of hydrogen-bond acceptors (Lipinski definition) is 7. The highest BCUT2D eigenvalue weighted by Crippen LogP contribution is 2.27. The lowest BCUT2D eigenvalue weighted by Crippen LogP contribution is -2.47. The van der Waals surface area contributed by atoms with Gasteiger partial charge in [0.1, 0.15) is 0 Å². The molecule has 9 heteroatoms. The Morgan fingerprint density at radius 2 is 1.85 bits per heavy atom. The summed E-state index contributed by atoms with van der Waals surface area (Å²) in [5.74, 6) is 0.670. The molecule has 0 saturated carbocycles. The molecule has 0 bridgehead atoms. The van der Waals surface area contributed by atoms with Crippen LogP contribution in [0.5, 0.6) is 0 Å². The SMILES string of the molecule is C[C@H](c1ccc2scnc2c1)N1CCN(c2ncc([SH](C)(N)=O)cn2)CC1. The van der Waals surface area contributed by atoms with Gasteiger partial charge in [0.2, 0.25) is 5.95 Å². The Hall–Kier alpha value is -1.94. The van der Waals surface area contributed by atoms with Gasteiger partial charge in [-0.25, -0.2) is 15.0 Å². The van der Waals surface area contributed by atoms with Crippen LogP contribution in [0.1, 0.15) is 18.5 Å². The van der Waals surface area contributed by atoms with E-state index in [0.29, 0.717) is 16.9 Å². The van der Waals surface area contributed by atoms with Gasteiger partial charge in [-0.3, -0.25) is 14.2 Å². The van der Waals surface area contributed by atoms with Crippen molar-refractivity contribution in [3.8, 4) is 0 Å². The van der Waals surface area contributed by atoms with Crippen LogP contribution in [0.25, 0.3) is 10.2 Å². The Kier molecular flexibility index (Phi) is 4.94. The predicted molar refractivity (Wildman–Crippen MR) is 112 cm³/mol. The number of nitrogens with zero attached hydrogens (tertiary/aromatic N) is 5. The van der Waals surface area contributed by atoms with Gasteiger partial charge in [0.25, 0.3) is 0 Å². The van der Waals surface area contributed by atoms with Crippen LogP contribution in [0.15, 0.2) is 41.0 Å². The van der Waals surface area contributed by atoms with Gasteiger partial charge >= 0.3 is 0 Å². The van der Waals surface area contributed by atoms with E-state index in [0.717, 1.165) is 31.7 Å². The number of benzene rings is 1. The van der Waals surface area contributed by atoms with E-state index >= 15 is 0 Å². The van der Waals surface area contributed by atoms with Gasteiger partial charge in [0.15, 0.2) is 0 Å². The smallest absolute Gasteiger partial charge is 0.225 e. The molecule has 0 unspecified atom stereocenters. The van der Waals surface area contributed by atoms with E-state index in [1.165, 1.54) is 16.5 Å². The van der Waals surface area contributed by atoms with Crippen molar-refractivity contribution in [1.29, 1.82) is 0 Å². The van der Waals surface area contributed by atoms with Crippen LogP contribution < -0.4 is 10.0 Å². The predicted octanol–water partition coefficient (Wildman–Crippen LogP) is 1.85. The van der Waals surface area contributed by atoms with E-state index in [-0.39, 0.29) is 0 Å². The van der Waals surface area contributed by atoms with Crippen molar-refractivity contribution in [3.05, 3.63) is 41.7 Å². The van der Waals surface area contributed by atoms with Crippen LogP contribution in [0.4, 0.5) is 5.95 Å². The highest BCUT2D eigenvalue weighted by Gasteiger charge is 2.24. The monoisotopic (exact) mass is 404 g/mol. The van der Waals surface area contributed by atoms with Gasteiger partial charge in [-0.05, 0) is 34.7 Å². The number of thiazole rings is 1. The standard InChI is InChI=1S/C18H24N6OS2/c1-13(14-3-4-17-16(9-14)22-12-26-17)23-5-7-24(8-6-23)18-20-10-15(11-21-18)27(2,19)25/h3-4,9-13,27H,5-8H2,1-2H3,(H2,19,25)/t13-/m1/s1. The van der Waals surface area contributed by atoms with Crippen molar-refractivity contribution in [2.75, 3.05) is 37.3 Å². The molecule has 27 heavy (non-hydrogen) atoms. The highest BCUT2D eigenvalue weighted by molar-refractivity contribution is 8.00. The van der Waals surface area contributed by atoms with E-state index in [9.17, 15) is 4.21 Å². The Balaban J connectivity index is 1.41. The van der Waals surface area contributed by atoms with E-state index in [1.807, 2.05) is 5.51 Å². The molecule has 1 fully saturated rings. The van der Waals surface area contributed by atoms with Gasteiger partial charge in [-0.15, -0.1) is 11.3 Å². The first kappa shape index (κ1) is 18.4. The second-order valence-electron chi connectivity index (χ2n) is 7.01. The molecule has 7 nitrogen and oxygen atoms in total. The summed E-state index contributed by atoms with van der Waals surface area (Å²) >= 11 is 1.67. The molecule has 1 aliphatic heterocycles. The van der Waals surface area contributed by atoms with Gasteiger partial charge < -0.3 is 4.90 Å². The van der Waals surface area contributed by atoms with Crippen molar-refractivity contribution < 1.29 is 4.21 Å². The molecule has 3 heterocycles. The average Bonchev–Trinajstić information content (AvgIpc) is 3.15. The zero-order chi connectivity index (χ0) is 19.0. The third-order valence-corrected chi connectivity index (χ3v) is 7.19. The van der Waals surface area contributed by atoms with Crippen molar-refractivity contribution in [1.82, 2.24) is 19.9 Å².